The van der Waals surface area contributed by atoms with Gasteiger partial charge < -0.3 is 20.3 Å². The van der Waals surface area contributed by atoms with E-state index in [-0.39, 0.29) is 24.0 Å². The fourth-order valence-electron chi connectivity index (χ4n) is 3.02. The Kier molecular flexibility index (Phi) is 4.76. The molecule has 2 heterocycles. The van der Waals surface area contributed by atoms with Gasteiger partial charge in [-0.3, -0.25) is 4.79 Å². The van der Waals surface area contributed by atoms with Crippen molar-refractivity contribution in [1.29, 1.82) is 0 Å². The van der Waals surface area contributed by atoms with Crippen molar-refractivity contribution < 1.29 is 14.3 Å². The van der Waals surface area contributed by atoms with Gasteiger partial charge in [-0.25, -0.2) is 4.79 Å². The number of amides is 2. The van der Waals surface area contributed by atoms with Crippen LogP contribution in [0.1, 0.15) is 40.0 Å². The standard InChI is InChI=1S/C15H27N3O3/c1-15(2,3)21-14(20)17-6-4-5-12(10-17)18-9-11(8-16)7-13(18)19/h11-12H,4-10,16H2,1-3H3/t11?,12-/m0/s1. The zero-order valence-electron chi connectivity index (χ0n) is 13.3. The monoisotopic (exact) mass is 297 g/mol. The molecule has 0 bridgehead atoms. The summed E-state index contributed by atoms with van der Waals surface area (Å²) < 4.78 is 5.42. The molecular weight excluding hydrogens is 270 g/mol. The molecule has 2 fully saturated rings. The van der Waals surface area contributed by atoms with Crippen LogP contribution in [0.5, 0.6) is 0 Å². The maximum atomic E-state index is 12.2. The molecule has 0 radical (unpaired) electrons. The fourth-order valence-corrected chi connectivity index (χ4v) is 3.02. The van der Waals surface area contributed by atoms with Crippen LogP contribution in [0, 0.1) is 5.92 Å². The number of ether oxygens (including phenoxy) is 1. The molecule has 2 saturated heterocycles. The van der Waals surface area contributed by atoms with Crippen LogP contribution in [0.3, 0.4) is 0 Å². The molecule has 1 unspecified atom stereocenters. The number of rotatable bonds is 2. The third-order valence-electron chi connectivity index (χ3n) is 4.06. The smallest absolute Gasteiger partial charge is 0.410 e. The Bertz CT molecular complexity index is 405. The van der Waals surface area contributed by atoms with Crippen molar-refractivity contribution in [3.8, 4) is 0 Å². The number of hydrogen-bond donors (Lipinski definition) is 1. The molecule has 6 nitrogen and oxygen atoms in total. The molecule has 0 aromatic carbocycles. The minimum Gasteiger partial charge on any atom is -0.444 e. The summed E-state index contributed by atoms with van der Waals surface area (Å²) in [5.41, 5.74) is 5.18. The third-order valence-corrected chi connectivity index (χ3v) is 4.06. The van der Waals surface area contributed by atoms with Gasteiger partial charge in [-0.05, 0) is 46.1 Å². The number of hydrogen-bond acceptors (Lipinski definition) is 4. The van der Waals surface area contributed by atoms with Crippen molar-refractivity contribution in [2.75, 3.05) is 26.2 Å². The van der Waals surface area contributed by atoms with Gasteiger partial charge in [-0.2, -0.15) is 0 Å². The van der Waals surface area contributed by atoms with E-state index in [4.69, 9.17) is 10.5 Å². The number of carbonyl (C=O) groups excluding carboxylic acids is 2. The van der Waals surface area contributed by atoms with E-state index in [1.807, 2.05) is 25.7 Å². The maximum absolute atomic E-state index is 12.2. The molecular formula is C15H27N3O3. The molecule has 120 valence electrons. The second-order valence-electron chi connectivity index (χ2n) is 7.07. The van der Waals surface area contributed by atoms with Crippen molar-refractivity contribution in [3.05, 3.63) is 0 Å². The molecule has 0 saturated carbocycles. The van der Waals surface area contributed by atoms with E-state index in [1.54, 1.807) is 4.90 Å². The Morgan fingerprint density at radius 2 is 2.10 bits per heavy atom. The lowest BCUT2D eigenvalue weighted by atomic mass is 10.0. The van der Waals surface area contributed by atoms with Crippen LogP contribution < -0.4 is 5.73 Å². The first-order chi connectivity index (χ1) is 9.80. The largest absolute Gasteiger partial charge is 0.444 e. The van der Waals surface area contributed by atoms with Crippen molar-refractivity contribution in [3.63, 3.8) is 0 Å². The zero-order valence-corrected chi connectivity index (χ0v) is 13.3. The second kappa shape index (κ2) is 6.22. The topological polar surface area (TPSA) is 75.9 Å². The predicted octanol–water partition coefficient (Wildman–Crippen LogP) is 1.19. The first-order valence-corrected chi connectivity index (χ1v) is 7.77. The van der Waals surface area contributed by atoms with E-state index in [9.17, 15) is 9.59 Å². The van der Waals surface area contributed by atoms with Crippen molar-refractivity contribution in [2.45, 2.75) is 51.7 Å². The van der Waals surface area contributed by atoms with Gasteiger partial charge in [0.1, 0.15) is 5.60 Å². The van der Waals surface area contributed by atoms with E-state index in [0.29, 0.717) is 26.1 Å². The van der Waals surface area contributed by atoms with Crippen LogP contribution in [-0.2, 0) is 9.53 Å². The summed E-state index contributed by atoms with van der Waals surface area (Å²) in [5, 5.41) is 0. The quantitative estimate of drug-likeness (QED) is 0.831. The van der Waals surface area contributed by atoms with E-state index in [0.717, 1.165) is 19.4 Å². The first kappa shape index (κ1) is 16.1. The van der Waals surface area contributed by atoms with Crippen molar-refractivity contribution >= 4 is 12.0 Å². The minimum absolute atomic E-state index is 0.107. The normalized spacial score (nSPS) is 27.1. The molecule has 2 N–H and O–H groups in total. The predicted molar refractivity (Wildman–Crippen MR) is 79.7 cm³/mol. The molecule has 0 aromatic rings. The average molecular weight is 297 g/mol. The highest BCUT2D eigenvalue weighted by molar-refractivity contribution is 5.79. The molecule has 2 aliphatic rings. The summed E-state index contributed by atoms with van der Waals surface area (Å²) in [7, 11) is 0. The third kappa shape index (κ3) is 4.09. The van der Waals surface area contributed by atoms with Crippen molar-refractivity contribution in [2.24, 2.45) is 11.7 Å². The van der Waals surface area contributed by atoms with Gasteiger partial charge >= 0.3 is 6.09 Å². The summed E-state index contributed by atoms with van der Waals surface area (Å²) in [6.07, 6.45) is 2.11. The van der Waals surface area contributed by atoms with Gasteiger partial charge in [-0.15, -0.1) is 0 Å². The van der Waals surface area contributed by atoms with Gasteiger partial charge in [0.2, 0.25) is 5.91 Å². The summed E-state index contributed by atoms with van der Waals surface area (Å²) in [6, 6.07) is 0.107. The second-order valence-corrected chi connectivity index (χ2v) is 7.07. The molecule has 2 amide bonds. The lowest BCUT2D eigenvalue weighted by molar-refractivity contribution is -0.130. The fraction of sp³-hybridized carbons (Fsp3) is 0.867. The Labute approximate surface area is 126 Å². The number of likely N-dealkylation sites (tertiary alicyclic amines) is 2. The van der Waals surface area contributed by atoms with Crippen molar-refractivity contribution in [1.82, 2.24) is 9.80 Å². The first-order valence-electron chi connectivity index (χ1n) is 7.77. The SMILES string of the molecule is CC(C)(C)OC(=O)N1CCC[C@H](N2CC(CN)CC2=O)C1. The number of nitrogens with two attached hydrogens (primary N) is 1. The highest BCUT2D eigenvalue weighted by Gasteiger charge is 2.37. The van der Waals surface area contributed by atoms with E-state index in [2.05, 4.69) is 0 Å². The number of carbonyl (C=O) groups is 2. The molecule has 6 heteroatoms. The molecule has 2 aliphatic heterocycles. The van der Waals surface area contributed by atoms with Gasteiger partial charge in [-0.1, -0.05) is 0 Å². The number of piperidine rings is 1. The van der Waals surface area contributed by atoms with Crippen LogP contribution >= 0.6 is 0 Å². The van der Waals surface area contributed by atoms with Crippen LogP contribution in [-0.4, -0.2) is 59.6 Å². The Balaban J connectivity index is 1.95. The van der Waals surface area contributed by atoms with Crippen LogP contribution in [0.2, 0.25) is 0 Å². The van der Waals surface area contributed by atoms with Gasteiger partial charge in [0.15, 0.2) is 0 Å². The van der Waals surface area contributed by atoms with Gasteiger partial charge in [0.05, 0.1) is 0 Å². The van der Waals surface area contributed by atoms with E-state index >= 15 is 0 Å². The van der Waals surface area contributed by atoms with Crippen LogP contribution in [0.25, 0.3) is 0 Å². The van der Waals surface area contributed by atoms with Gasteiger partial charge in [0.25, 0.3) is 0 Å². The Hall–Kier alpha value is -1.30. The van der Waals surface area contributed by atoms with Crippen LogP contribution in [0.15, 0.2) is 0 Å². The van der Waals surface area contributed by atoms with Gasteiger partial charge in [0, 0.05) is 32.1 Å². The molecule has 0 spiro atoms. The lowest BCUT2D eigenvalue weighted by Gasteiger charge is -2.38. The zero-order chi connectivity index (χ0) is 15.6. The maximum Gasteiger partial charge on any atom is 0.410 e. The Morgan fingerprint density at radius 3 is 2.67 bits per heavy atom. The van der Waals surface area contributed by atoms with Crippen LogP contribution in [0.4, 0.5) is 4.79 Å². The van der Waals surface area contributed by atoms with E-state index in [1.165, 1.54) is 0 Å². The molecule has 2 atom stereocenters. The van der Waals surface area contributed by atoms with E-state index < -0.39 is 5.60 Å². The molecule has 21 heavy (non-hydrogen) atoms. The summed E-state index contributed by atoms with van der Waals surface area (Å²) >= 11 is 0. The lowest BCUT2D eigenvalue weighted by Crippen LogP contribution is -2.51. The average Bonchev–Trinajstić information content (AvgIpc) is 2.78. The summed E-state index contributed by atoms with van der Waals surface area (Å²) in [5.74, 6) is 0.427. The molecule has 0 aliphatic carbocycles. The molecule has 2 rings (SSSR count). The summed E-state index contributed by atoms with van der Waals surface area (Å²) in [4.78, 5) is 27.9. The number of nitrogens with zero attached hydrogens (tertiary/aromatic N) is 2. The highest BCUT2D eigenvalue weighted by Crippen LogP contribution is 2.25. The highest BCUT2D eigenvalue weighted by atomic mass is 16.6. The Morgan fingerprint density at radius 1 is 1.38 bits per heavy atom. The summed E-state index contributed by atoms with van der Waals surface area (Å²) in [6.45, 7) is 8.13. The minimum atomic E-state index is -0.488. The molecule has 0 aromatic heterocycles.